The molecule has 0 atom stereocenters. The van der Waals surface area contributed by atoms with E-state index in [2.05, 4.69) is 31.9 Å². The lowest BCUT2D eigenvalue weighted by Crippen LogP contribution is -2.33. The van der Waals surface area contributed by atoms with Gasteiger partial charge in [0.25, 0.3) is 0 Å². The molecule has 5 rings (SSSR count). The molecule has 0 aromatic carbocycles. The minimum absolute atomic E-state index is 0.334. The van der Waals surface area contributed by atoms with Gasteiger partial charge >= 0.3 is 0 Å². The largest absolute Gasteiger partial charge is 0.350 e. The predicted octanol–water partition coefficient (Wildman–Crippen LogP) is 3.15. The molecule has 0 saturated heterocycles. The molecule has 0 bridgehead atoms. The van der Waals surface area contributed by atoms with E-state index in [1.54, 1.807) is 0 Å². The van der Waals surface area contributed by atoms with Crippen LogP contribution >= 0.6 is 0 Å². The van der Waals surface area contributed by atoms with E-state index in [1.807, 2.05) is 42.0 Å². The first-order valence-corrected chi connectivity index (χ1v) is 10.3. The first kappa shape index (κ1) is 18.1. The van der Waals surface area contributed by atoms with Crippen molar-refractivity contribution in [2.45, 2.75) is 58.2 Å². The van der Waals surface area contributed by atoms with Crippen LogP contribution in [-0.4, -0.2) is 41.2 Å². The zero-order chi connectivity index (χ0) is 20.0. The van der Waals surface area contributed by atoms with Gasteiger partial charge in [-0.1, -0.05) is 0 Å². The van der Waals surface area contributed by atoms with E-state index >= 15 is 0 Å². The van der Waals surface area contributed by atoms with Gasteiger partial charge in [-0.2, -0.15) is 0 Å². The Balaban J connectivity index is 1.46. The van der Waals surface area contributed by atoms with E-state index in [4.69, 9.17) is 10.7 Å². The maximum absolute atomic E-state index is 6.00. The summed E-state index contributed by atoms with van der Waals surface area (Å²) in [5, 5.41) is 8.11. The topological polar surface area (TPSA) is 99.0 Å². The maximum atomic E-state index is 6.00. The molecule has 4 heterocycles. The number of nitrogens with two attached hydrogens (primary N) is 1. The third-order valence-electron chi connectivity index (χ3n) is 5.90. The molecule has 4 aromatic heterocycles. The van der Waals surface area contributed by atoms with Gasteiger partial charge in [0.1, 0.15) is 11.3 Å². The Labute approximate surface area is 169 Å². The van der Waals surface area contributed by atoms with E-state index in [9.17, 15) is 0 Å². The quantitative estimate of drug-likeness (QED) is 0.555. The Morgan fingerprint density at radius 1 is 1.14 bits per heavy atom. The van der Waals surface area contributed by atoms with Crippen molar-refractivity contribution >= 4 is 22.6 Å². The maximum Gasteiger partial charge on any atom is 0.241 e. The number of anilines is 1. The van der Waals surface area contributed by atoms with Gasteiger partial charge in [-0.3, -0.25) is 0 Å². The number of nitrogens with one attached hydrogen (secondary N) is 1. The van der Waals surface area contributed by atoms with Gasteiger partial charge in [-0.25, -0.2) is 19.5 Å². The fourth-order valence-electron chi connectivity index (χ4n) is 4.27. The minimum atomic E-state index is 0.334. The standard InChI is InChI=1S/C21H26N8/c1-3-28-13(2)24-18-9-8-17(26-20(18)28)16-10-11-29-19(16)12-23-21(27-29)25-15-6-4-14(22)5-7-15/h8-12,14-15H,3-7,22H2,1-2H3,(H,25,27). The number of pyridine rings is 1. The summed E-state index contributed by atoms with van der Waals surface area (Å²) in [6.07, 6.45) is 8.06. The number of aromatic nitrogens is 6. The average Bonchev–Trinajstić information content (AvgIpc) is 3.28. The van der Waals surface area contributed by atoms with E-state index in [0.717, 1.165) is 66.0 Å². The Morgan fingerprint density at radius 2 is 1.97 bits per heavy atom. The fourth-order valence-corrected chi connectivity index (χ4v) is 4.27. The predicted molar refractivity (Wildman–Crippen MR) is 114 cm³/mol. The lowest BCUT2D eigenvalue weighted by Gasteiger charge is -2.26. The zero-order valence-corrected chi connectivity index (χ0v) is 16.8. The van der Waals surface area contributed by atoms with Crippen LogP contribution in [0.5, 0.6) is 0 Å². The van der Waals surface area contributed by atoms with Gasteiger partial charge in [-0.15, -0.1) is 5.10 Å². The first-order valence-electron chi connectivity index (χ1n) is 10.3. The molecular formula is C21H26N8. The molecule has 0 spiro atoms. The molecule has 1 aliphatic carbocycles. The fraction of sp³-hybridized carbons (Fsp3) is 0.429. The van der Waals surface area contributed by atoms with Gasteiger partial charge in [0, 0.05) is 30.4 Å². The second-order valence-corrected chi connectivity index (χ2v) is 7.84. The third-order valence-corrected chi connectivity index (χ3v) is 5.90. The molecule has 1 fully saturated rings. The second-order valence-electron chi connectivity index (χ2n) is 7.84. The molecule has 1 aliphatic rings. The van der Waals surface area contributed by atoms with Crippen molar-refractivity contribution in [2.24, 2.45) is 5.73 Å². The van der Waals surface area contributed by atoms with Crippen LogP contribution in [0.15, 0.2) is 30.6 Å². The average molecular weight is 390 g/mol. The number of rotatable bonds is 4. The van der Waals surface area contributed by atoms with Crippen LogP contribution in [0.3, 0.4) is 0 Å². The number of aryl methyl sites for hydroxylation is 2. The van der Waals surface area contributed by atoms with Gasteiger partial charge in [0.05, 0.1) is 17.4 Å². The summed E-state index contributed by atoms with van der Waals surface area (Å²) in [7, 11) is 0. The summed E-state index contributed by atoms with van der Waals surface area (Å²) >= 11 is 0. The van der Waals surface area contributed by atoms with E-state index < -0.39 is 0 Å². The van der Waals surface area contributed by atoms with Gasteiger partial charge < -0.3 is 15.6 Å². The van der Waals surface area contributed by atoms with Crippen LogP contribution in [-0.2, 0) is 6.54 Å². The molecule has 8 nitrogen and oxygen atoms in total. The normalized spacial score (nSPS) is 19.8. The van der Waals surface area contributed by atoms with Crippen molar-refractivity contribution in [2.75, 3.05) is 5.32 Å². The molecule has 3 N–H and O–H groups in total. The molecule has 29 heavy (non-hydrogen) atoms. The number of nitrogens with zero attached hydrogens (tertiary/aromatic N) is 6. The molecular weight excluding hydrogens is 364 g/mol. The molecule has 1 saturated carbocycles. The summed E-state index contributed by atoms with van der Waals surface area (Å²) in [6.45, 7) is 4.97. The van der Waals surface area contributed by atoms with Crippen LogP contribution in [0.4, 0.5) is 5.95 Å². The highest BCUT2D eigenvalue weighted by Gasteiger charge is 2.19. The number of fused-ring (bicyclic) bond motifs is 2. The van der Waals surface area contributed by atoms with Crippen molar-refractivity contribution < 1.29 is 0 Å². The number of imidazole rings is 1. The van der Waals surface area contributed by atoms with Gasteiger partial charge in [-0.05, 0) is 57.7 Å². The number of hydrogen-bond donors (Lipinski definition) is 2. The number of hydrogen-bond acceptors (Lipinski definition) is 6. The molecule has 150 valence electrons. The third kappa shape index (κ3) is 3.23. The molecule has 0 amide bonds. The highest BCUT2D eigenvalue weighted by molar-refractivity contribution is 5.82. The highest BCUT2D eigenvalue weighted by Crippen LogP contribution is 2.26. The van der Waals surface area contributed by atoms with Gasteiger partial charge in [0.2, 0.25) is 5.95 Å². The van der Waals surface area contributed by atoms with E-state index in [0.29, 0.717) is 18.0 Å². The van der Waals surface area contributed by atoms with Crippen LogP contribution in [0, 0.1) is 6.92 Å². The lowest BCUT2D eigenvalue weighted by atomic mass is 9.92. The summed E-state index contributed by atoms with van der Waals surface area (Å²) in [4.78, 5) is 14.0. The Morgan fingerprint density at radius 3 is 2.76 bits per heavy atom. The summed E-state index contributed by atoms with van der Waals surface area (Å²) in [6, 6.07) is 6.82. The summed E-state index contributed by atoms with van der Waals surface area (Å²) in [5.41, 5.74) is 10.7. The molecule has 8 heteroatoms. The van der Waals surface area contributed by atoms with Crippen LogP contribution < -0.4 is 11.1 Å². The first-order chi connectivity index (χ1) is 14.1. The van der Waals surface area contributed by atoms with Crippen LogP contribution in [0.25, 0.3) is 27.9 Å². The molecule has 0 radical (unpaired) electrons. The highest BCUT2D eigenvalue weighted by atomic mass is 15.3. The summed E-state index contributed by atoms with van der Waals surface area (Å²) < 4.78 is 4.00. The lowest BCUT2D eigenvalue weighted by molar-refractivity contribution is 0.409. The monoisotopic (exact) mass is 390 g/mol. The van der Waals surface area contributed by atoms with Crippen LogP contribution in [0.2, 0.25) is 0 Å². The van der Waals surface area contributed by atoms with Crippen molar-refractivity contribution in [3.63, 3.8) is 0 Å². The SMILES string of the molecule is CCn1c(C)nc2ccc(-c3ccn4nc(NC5CCC(N)CC5)ncc34)nc21. The Kier molecular flexibility index (Phi) is 4.43. The molecule has 0 aliphatic heterocycles. The van der Waals surface area contributed by atoms with Crippen molar-refractivity contribution in [1.29, 1.82) is 0 Å². The molecule has 0 unspecified atom stereocenters. The van der Waals surface area contributed by atoms with Crippen LogP contribution in [0.1, 0.15) is 38.4 Å². The molecule has 4 aromatic rings. The van der Waals surface area contributed by atoms with E-state index in [-0.39, 0.29) is 0 Å². The Hall–Kier alpha value is -3.00. The summed E-state index contributed by atoms with van der Waals surface area (Å²) in [5.74, 6) is 1.64. The minimum Gasteiger partial charge on any atom is -0.350 e. The van der Waals surface area contributed by atoms with Crippen molar-refractivity contribution in [3.8, 4) is 11.3 Å². The Bertz CT molecular complexity index is 1170. The van der Waals surface area contributed by atoms with E-state index in [1.165, 1.54) is 0 Å². The zero-order valence-electron chi connectivity index (χ0n) is 16.8. The van der Waals surface area contributed by atoms with Gasteiger partial charge in [0.15, 0.2) is 5.65 Å². The second kappa shape index (κ2) is 7.11. The van der Waals surface area contributed by atoms with Crippen molar-refractivity contribution in [3.05, 3.63) is 36.4 Å². The smallest absolute Gasteiger partial charge is 0.241 e. The van der Waals surface area contributed by atoms with Crippen molar-refractivity contribution in [1.82, 2.24) is 29.1 Å².